The van der Waals surface area contributed by atoms with Crippen LogP contribution >= 0.6 is 0 Å². The van der Waals surface area contributed by atoms with Crippen molar-refractivity contribution >= 4 is 0 Å². The largest absolute Gasteiger partial charge is 0.253 e. The van der Waals surface area contributed by atoms with Crippen molar-refractivity contribution in [3.8, 4) is 22.4 Å². The predicted octanol–water partition coefficient (Wildman–Crippen LogP) is 4.86. The zero-order chi connectivity index (χ0) is 13.9. The SMILES string of the molecule is Cc1cc(-c2ccccc2)cc(-c2ccc(F)cc2)n1. The van der Waals surface area contributed by atoms with E-state index >= 15 is 0 Å². The van der Waals surface area contributed by atoms with E-state index < -0.39 is 0 Å². The average Bonchev–Trinajstić information content (AvgIpc) is 2.48. The summed E-state index contributed by atoms with van der Waals surface area (Å²) >= 11 is 0. The molecule has 2 aromatic carbocycles. The van der Waals surface area contributed by atoms with E-state index in [0.717, 1.165) is 28.1 Å². The third-order valence-electron chi connectivity index (χ3n) is 3.20. The fourth-order valence-electron chi connectivity index (χ4n) is 2.23. The molecule has 1 heterocycles. The normalized spacial score (nSPS) is 10.5. The summed E-state index contributed by atoms with van der Waals surface area (Å²) in [7, 11) is 0. The summed E-state index contributed by atoms with van der Waals surface area (Å²) in [6.45, 7) is 1.97. The maximum atomic E-state index is 13.0. The molecule has 0 amide bonds. The zero-order valence-corrected chi connectivity index (χ0v) is 11.2. The topological polar surface area (TPSA) is 12.9 Å². The van der Waals surface area contributed by atoms with Gasteiger partial charge in [-0.15, -0.1) is 0 Å². The molecule has 20 heavy (non-hydrogen) atoms. The zero-order valence-electron chi connectivity index (χ0n) is 11.2. The van der Waals surface area contributed by atoms with E-state index in [2.05, 4.69) is 23.2 Å². The molecule has 0 spiro atoms. The molecule has 0 aliphatic carbocycles. The van der Waals surface area contributed by atoms with Crippen LogP contribution in [0.25, 0.3) is 22.4 Å². The molecule has 0 atom stereocenters. The van der Waals surface area contributed by atoms with Crippen LogP contribution in [0, 0.1) is 12.7 Å². The van der Waals surface area contributed by atoms with Gasteiger partial charge in [-0.05, 0) is 54.4 Å². The molecule has 1 aromatic heterocycles. The Labute approximate surface area is 117 Å². The van der Waals surface area contributed by atoms with Crippen molar-refractivity contribution in [1.29, 1.82) is 0 Å². The second-order valence-electron chi connectivity index (χ2n) is 4.76. The van der Waals surface area contributed by atoms with Crippen molar-refractivity contribution < 1.29 is 4.39 Å². The molecule has 0 saturated carbocycles. The van der Waals surface area contributed by atoms with Gasteiger partial charge in [0.2, 0.25) is 0 Å². The Morgan fingerprint density at radius 3 is 2.15 bits per heavy atom. The molecule has 0 N–H and O–H groups in total. The molecule has 0 radical (unpaired) electrons. The summed E-state index contributed by atoms with van der Waals surface area (Å²) in [6, 6.07) is 20.7. The van der Waals surface area contributed by atoms with Crippen LogP contribution in [0.3, 0.4) is 0 Å². The maximum absolute atomic E-state index is 13.0. The van der Waals surface area contributed by atoms with Crippen molar-refractivity contribution in [2.75, 3.05) is 0 Å². The smallest absolute Gasteiger partial charge is 0.123 e. The van der Waals surface area contributed by atoms with E-state index in [1.165, 1.54) is 12.1 Å². The number of aromatic nitrogens is 1. The van der Waals surface area contributed by atoms with Crippen LogP contribution in [0.4, 0.5) is 4.39 Å². The van der Waals surface area contributed by atoms with Crippen molar-refractivity contribution in [2.45, 2.75) is 6.92 Å². The van der Waals surface area contributed by atoms with Gasteiger partial charge in [-0.3, -0.25) is 4.98 Å². The Balaban J connectivity index is 2.09. The lowest BCUT2D eigenvalue weighted by Crippen LogP contribution is -1.90. The van der Waals surface area contributed by atoms with Gasteiger partial charge in [0.25, 0.3) is 0 Å². The van der Waals surface area contributed by atoms with Crippen molar-refractivity contribution in [2.24, 2.45) is 0 Å². The van der Waals surface area contributed by atoms with E-state index in [0.29, 0.717) is 0 Å². The van der Waals surface area contributed by atoms with Crippen LogP contribution in [0.2, 0.25) is 0 Å². The lowest BCUT2D eigenvalue weighted by atomic mass is 10.0. The van der Waals surface area contributed by atoms with Gasteiger partial charge in [0.15, 0.2) is 0 Å². The van der Waals surface area contributed by atoms with Gasteiger partial charge < -0.3 is 0 Å². The third kappa shape index (κ3) is 2.59. The maximum Gasteiger partial charge on any atom is 0.123 e. The first-order valence-corrected chi connectivity index (χ1v) is 6.52. The van der Waals surface area contributed by atoms with Crippen LogP contribution in [0.5, 0.6) is 0 Å². The summed E-state index contributed by atoms with van der Waals surface area (Å²) in [6.07, 6.45) is 0. The molecule has 0 aliphatic rings. The van der Waals surface area contributed by atoms with Gasteiger partial charge in [-0.1, -0.05) is 30.3 Å². The highest BCUT2D eigenvalue weighted by molar-refractivity contribution is 5.70. The molecule has 2 heteroatoms. The van der Waals surface area contributed by atoms with Crippen molar-refractivity contribution in [3.05, 3.63) is 78.2 Å². The molecule has 0 bridgehead atoms. The first-order valence-electron chi connectivity index (χ1n) is 6.52. The molecule has 0 fully saturated rings. The highest BCUT2D eigenvalue weighted by Gasteiger charge is 2.05. The number of hydrogen-bond donors (Lipinski definition) is 0. The quantitative estimate of drug-likeness (QED) is 0.643. The number of benzene rings is 2. The summed E-state index contributed by atoms with van der Waals surface area (Å²) < 4.78 is 13.0. The number of rotatable bonds is 2. The summed E-state index contributed by atoms with van der Waals surface area (Å²) in [5.74, 6) is -0.232. The Morgan fingerprint density at radius 2 is 1.45 bits per heavy atom. The van der Waals surface area contributed by atoms with Crippen LogP contribution < -0.4 is 0 Å². The number of nitrogens with zero attached hydrogens (tertiary/aromatic N) is 1. The molecular weight excluding hydrogens is 249 g/mol. The van der Waals surface area contributed by atoms with E-state index in [-0.39, 0.29) is 5.82 Å². The number of pyridine rings is 1. The minimum Gasteiger partial charge on any atom is -0.253 e. The number of halogens is 1. The third-order valence-corrected chi connectivity index (χ3v) is 3.20. The molecular formula is C18H14FN. The van der Waals surface area contributed by atoms with Crippen LogP contribution in [0.15, 0.2) is 66.7 Å². The standard InChI is InChI=1S/C18H14FN/c1-13-11-16(14-5-3-2-4-6-14)12-18(20-13)15-7-9-17(19)10-8-15/h2-12H,1H3. The van der Waals surface area contributed by atoms with Gasteiger partial charge in [0, 0.05) is 11.3 Å². The monoisotopic (exact) mass is 263 g/mol. The van der Waals surface area contributed by atoms with E-state index in [1.54, 1.807) is 12.1 Å². The summed E-state index contributed by atoms with van der Waals surface area (Å²) in [5, 5.41) is 0. The Hall–Kier alpha value is -2.48. The molecule has 0 aliphatic heterocycles. The molecule has 1 nitrogen and oxygen atoms in total. The fraction of sp³-hybridized carbons (Fsp3) is 0.0556. The van der Waals surface area contributed by atoms with Crippen molar-refractivity contribution in [3.63, 3.8) is 0 Å². The van der Waals surface area contributed by atoms with Crippen LogP contribution in [-0.4, -0.2) is 4.98 Å². The summed E-state index contributed by atoms with van der Waals surface area (Å²) in [4.78, 5) is 4.54. The Kier molecular flexibility index (Phi) is 3.30. The minimum atomic E-state index is -0.232. The van der Waals surface area contributed by atoms with Gasteiger partial charge >= 0.3 is 0 Å². The van der Waals surface area contributed by atoms with Gasteiger partial charge in [-0.25, -0.2) is 4.39 Å². The van der Waals surface area contributed by atoms with E-state index in [1.807, 2.05) is 31.2 Å². The van der Waals surface area contributed by atoms with Crippen LogP contribution in [-0.2, 0) is 0 Å². The minimum absolute atomic E-state index is 0.232. The number of aryl methyl sites for hydroxylation is 1. The highest BCUT2D eigenvalue weighted by atomic mass is 19.1. The molecule has 3 rings (SSSR count). The molecule has 98 valence electrons. The lowest BCUT2D eigenvalue weighted by Gasteiger charge is -2.07. The second-order valence-corrected chi connectivity index (χ2v) is 4.76. The average molecular weight is 263 g/mol. The Morgan fingerprint density at radius 1 is 0.750 bits per heavy atom. The van der Waals surface area contributed by atoms with Gasteiger partial charge in [-0.2, -0.15) is 0 Å². The molecule has 0 unspecified atom stereocenters. The second kappa shape index (κ2) is 5.25. The van der Waals surface area contributed by atoms with Gasteiger partial charge in [0.1, 0.15) is 5.82 Å². The first kappa shape index (κ1) is 12.5. The van der Waals surface area contributed by atoms with E-state index in [9.17, 15) is 4.39 Å². The van der Waals surface area contributed by atoms with E-state index in [4.69, 9.17) is 0 Å². The number of hydrogen-bond acceptors (Lipinski definition) is 1. The Bertz CT molecular complexity index is 718. The van der Waals surface area contributed by atoms with Crippen molar-refractivity contribution in [1.82, 2.24) is 4.98 Å². The summed E-state index contributed by atoms with van der Waals surface area (Å²) in [5.41, 5.74) is 5.01. The molecule has 3 aromatic rings. The molecule has 0 saturated heterocycles. The first-order chi connectivity index (χ1) is 9.72. The highest BCUT2D eigenvalue weighted by Crippen LogP contribution is 2.25. The predicted molar refractivity (Wildman–Crippen MR) is 79.8 cm³/mol. The van der Waals surface area contributed by atoms with Gasteiger partial charge in [0.05, 0.1) is 5.69 Å². The lowest BCUT2D eigenvalue weighted by molar-refractivity contribution is 0.628. The van der Waals surface area contributed by atoms with Crippen LogP contribution in [0.1, 0.15) is 5.69 Å². The fourth-order valence-corrected chi connectivity index (χ4v) is 2.23.